The second-order valence-electron chi connectivity index (χ2n) is 4.17. The minimum Gasteiger partial charge on any atom is -0.490 e. The highest BCUT2D eigenvalue weighted by Gasteiger charge is 2.06. The second-order valence-corrected chi connectivity index (χ2v) is 4.17. The van der Waals surface area contributed by atoms with Gasteiger partial charge in [-0.1, -0.05) is 0 Å². The molecule has 0 aliphatic rings. The fraction of sp³-hybridized carbons (Fsp3) is 0.500. The van der Waals surface area contributed by atoms with Crippen molar-refractivity contribution in [3.63, 3.8) is 0 Å². The van der Waals surface area contributed by atoms with Gasteiger partial charge in [0.05, 0.1) is 13.2 Å². The van der Waals surface area contributed by atoms with Crippen LogP contribution in [0.25, 0.3) is 0 Å². The molecule has 0 spiro atoms. The van der Waals surface area contributed by atoms with Crippen molar-refractivity contribution >= 4 is 0 Å². The average Bonchev–Trinajstić information content (AvgIpc) is 2.75. The summed E-state index contributed by atoms with van der Waals surface area (Å²) in [7, 11) is 1.65. The molecule has 2 heterocycles. The summed E-state index contributed by atoms with van der Waals surface area (Å²) in [4.78, 5) is 13.1. The first-order chi connectivity index (χ1) is 9.04. The summed E-state index contributed by atoms with van der Waals surface area (Å²) in [6, 6.07) is 1.25. The molecule has 9 nitrogen and oxygen atoms in total. The Morgan fingerprint density at radius 2 is 2.32 bits per heavy atom. The van der Waals surface area contributed by atoms with E-state index in [0.29, 0.717) is 18.2 Å². The third kappa shape index (κ3) is 3.58. The van der Waals surface area contributed by atoms with Crippen LogP contribution in [-0.2, 0) is 13.6 Å². The Morgan fingerprint density at radius 3 is 2.89 bits per heavy atom. The van der Waals surface area contributed by atoms with Crippen molar-refractivity contribution in [2.24, 2.45) is 12.8 Å². The maximum Gasteiger partial charge on any atom is 0.270 e. The summed E-state index contributed by atoms with van der Waals surface area (Å²) in [5.74, 6) is 0.812. The van der Waals surface area contributed by atoms with Crippen molar-refractivity contribution in [1.29, 1.82) is 0 Å². The summed E-state index contributed by atoms with van der Waals surface area (Å²) >= 11 is 0. The minimum atomic E-state index is -0.297. The van der Waals surface area contributed by atoms with Gasteiger partial charge in [0.2, 0.25) is 0 Å². The Balaban J connectivity index is 2.09. The van der Waals surface area contributed by atoms with E-state index in [2.05, 4.69) is 20.5 Å². The van der Waals surface area contributed by atoms with E-state index in [-0.39, 0.29) is 18.1 Å². The maximum absolute atomic E-state index is 11.8. The zero-order valence-corrected chi connectivity index (χ0v) is 10.7. The first-order valence-electron chi connectivity index (χ1n) is 5.73. The van der Waals surface area contributed by atoms with Crippen LogP contribution >= 0.6 is 0 Å². The van der Waals surface area contributed by atoms with E-state index in [9.17, 15) is 4.79 Å². The third-order valence-electron chi connectivity index (χ3n) is 2.20. The Kier molecular flexibility index (Phi) is 3.85. The molecular weight excluding hydrogens is 250 g/mol. The average molecular weight is 265 g/mol. The lowest BCUT2D eigenvalue weighted by Crippen LogP contribution is -2.26. The molecule has 102 valence electrons. The zero-order valence-electron chi connectivity index (χ0n) is 10.7. The number of aromatic nitrogens is 6. The predicted octanol–water partition coefficient (Wildman–Crippen LogP) is -1.46. The Bertz CT molecular complexity index is 604. The van der Waals surface area contributed by atoms with Gasteiger partial charge in [-0.2, -0.15) is 9.90 Å². The molecule has 2 aromatic rings. The SMILES string of the molecule is CC(N)COc1cnn(Cc2nnn(C)n2)c(=O)c1. The molecule has 0 radical (unpaired) electrons. The van der Waals surface area contributed by atoms with Crippen LogP contribution in [0, 0.1) is 0 Å². The van der Waals surface area contributed by atoms with E-state index in [1.807, 2.05) is 6.92 Å². The molecule has 0 saturated carbocycles. The van der Waals surface area contributed by atoms with Gasteiger partial charge in [-0.15, -0.1) is 10.2 Å². The van der Waals surface area contributed by atoms with E-state index >= 15 is 0 Å². The van der Waals surface area contributed by atoms with E-state index < -0.39 is 0 Å². The number of tetrazole rings is 1. The number of ether oxygens (including phenoxy) is 1. The molecule has 2 aromatic heterocycles. The van der Waals surface area contributed by atoms with E-state index in [4.69, 9.17) is 10.5 Å². The van der Waals surface area contributed by atoms with Crippen molar-refractivity contribution in [3.05, 3.63) is 28.4 Å². The maximum atomic E-state index is 11.8. The highest BCUT2D eigenvalue weighted by Crippen LogP contribution is 2.03. The van der Waals surface area contributed by atoms with Crippen LogP contribution in [0.2, 0.25) is 0 Å². The van der Waals surface area contributed by atoms with E-state index in [0.717, 1.165) is 0 Å². The summed E-state index contributed by atoms with van der Waals surface area (Å²) in [5, 5.41) is 15.4. The van der Waals surface area contributed by atoms with Gasteiger partial charge in [0.1, 0.15) is 18.9 Å². The van der Waals surface area contributed by atoms with Crippen LogP contribution in [0.15, 0.2) is 17.1 Å². The van der Waals surface area contributed by atoms with Crippen LogP contribution in [0.3, 0.4) is 0 Å². The summed E-state index contributed by atoms with van der Waals surface area (Å²) < 4.78 is 6.54. The fourth-order valence-corrected chi connectivity index (χ4v) is 1.36. The minimum absolute atomic E-state index is 0.105. The first-order valence-corrected chi connectivity index (χ1v) is 5.73. The van der Waals surface area contributed by atoms with Gasteiger partial charge in [-0.3, -0.25) is 4.79 Å². The zero-order chi connectivity index (χ0) is 13.8. The van der Waals surface area contributed by atoms with Crippen LogP contribution in [0.1, 0.15) is 12.7 Å². The van der Waals surface area contributed by atoms with Crippen molar-refractivity contribution in [3.8, 4) is 5.75 Å². The van der Waals surface area contributed by atoms with Crippen LogP contribution in [0.5, 0.6) is 5.75 Å². The summed E-state index contributed by atoms with van der Waals surface area (Å²) in [5.41, 5.74) is 5.26. The van der Waals surface area contributed by atoms with Crippen molar-refractivity contribution in [2.75, 3.05) is 6.61 Å². The lowest BCUT2D eigenvalue weighted by atomic mass is 10.4. The topological polar surface area (TPSA) is 114 Å². The number of aryl methyl sites for hydroxylation is 1. The molecular formula is C10H15N7O2. The molecule has 0 saturated heterocycles. The molecule has 2 N–H and O–H groups in total. The molecule has 1 unspecified atom stereocenters. The van der Waals surface area contributed by atoms with Gasteiger partial charge in [-0.05, 0) is 12.1 Å². The predicted molar refractivity (Wildman–Crippen MR) is 65.5 cm³/mol. The molecule has 0 bridgehead atoms. The molecule has 0 aliphatic heterocycles. The lowest BCUT2D eigenvalue weighted by Gasteiger charge is -2.08. The van der Waals surface area contributed by atoms with Crippen LogP contribution in [-0.4, -0.2) is 42.6 Å². The molecule has 1 atom stereocenters. The molecule has 0 fully saturated rings. The second kappa shape index (κ2) is 5.57. The number of nitrogens with two attached hydrogens (primary N) is 1. The van der Waals surface area contributed by atoms with Crippen molar-refractivity contribution < 1.29 is 4.74 Å². The number of hydrogen-bond donors (Lipinski definition) is 1. The smallest absolute Gasteiger partial charge is 0.270 e. The molecule has 19 heavy (non-hydrogen) atoms. The van der Waals surface area contributed by atoms with Crippen molar-refractivity contribution in [1.82, 2.24) is 30.0 Å². The van der Waals surface area contributed by atoms with Crippen LogP contribution in [0.4, 0.5) is 0 Å². The molecule has 0 aliphatic carbocycles. The largest absolute Gasteiger partial charge is 0.490 e. The Morgan fingerprint density at radius 1 is 1.53 bits per heavy atom. The standard InChI is InChI=1S/C10H15N7O2/c1-7(11)6-19-8-3-10(18)17(12-4-8)5-9-13-15-16(2)14-9/h3-4,7H,5-6,11H2,1-2H3. The Labute approximate surface area is 109 Å². The molecule has 9 heteroatoms. The Hall–Kier alpha value is -2.29. The van der Waals surface area contributed by atoms with Gasteiger partial charge >= 0.3 is 0 Å². The van der Waals surface area contributed by atoms with E-state index in [1.54, 1.807) is 7.05 Å². The normalized spacial score (nSPS) is 12.4. The van der Waals surface area contributed by atoms with Gasteiger partial charge in [0.25, 0.3) is 5.56 Å². The number of hydrogen-bond acceptors (Lipinski definition) is 7. The van der Waals surface area contributed by atoms with Gasteiger partial charge in [-0.25, -0.2) is 4.68 Å². The highest BCUT2D eigenvalue weighted by molar-refractivity contribution is 5.13. The van der Waals surface area contributed by atoms with E-state index in [1.165, 1.54) is 21.7 Å². The highest BCUT2D eigenvalue weighted by atomic mass is 16.5. The quantitative estimate of drug-likeness (QED) is 0.702. The monoisotopic (exact) mass is 265 g/mol. The summed E-state index contributed by atoms with van der Waals surface area (Å²) in [6.07, 6.45) is 1.46. The number of nitrogens with zero attached hydrogens (tertiary/aromatic N) is 6. The van der Waals surface area contributed by atoms with Gasteiger partial charge in [0.15, 0.2) is 5.82 Å². The molecule has 0 aromatic carbocycles. The molecule has 2 rings (SSSR count). The number of rotatable bonds is 5. The summed E-state index contributed by atoms with van der Waals surface area (Å²) in [6.45, 7) is 2.31. The van der Waals surface area contributed by atoms with Crippen LogP contribution < -0.4 is 16.0 Å². The fourth-order valence-electron chi connectivity index (χ4n) is 1.36. The first kappa shape index (κ1) is 13.1. The van der Waals surface area contributed by atoms with Crippen molar-refractivity contribution in [2.45, 2.75) is 19.5 Å². The third-order valence-corrected chi connectivity index (χ3v) is 2.20. The lowest BCUT2D eigenvalue weighted by molar-refractivity contribution is 0.293. The molecule has 0 amide bonds. The van der Waals surface area contributed by atoms with Gasteiger partial charge in [0, 0.05) is 12.1 Å². The van der Waals surface area contributed by atoms with Gasteiger partial charge < -0.3 is 10.5 Å².